The summed E-state index contributed by atoms with van der Waals surface area (Å²) in [5.41, 5.74) is 6.62. The Morgan fingerprint density at radius 1 is 1.47 bits per heavy atom. The molecule has 2 atom stereocenters. The van der Waals surface area contributed by atoms with Crippen molar-refractivity contribution in [2.24, 2.45) is 12.8 Å². The summed E-state index contributed by atoms with van der Waals surface area (Å²) in [6, 6.07) is 2.14. The first kappa shape index (κ1) is 10.5. The molecule has 6 heteroatoms. The van der Waals surface area contributed by atoms with E-state index < -0.39 is 0 Å². The van der Waals surface area contributed by atoms with Gasteiger partial charge in [-0.05, 0) is 25.3 Å². The molecule has 1 fully saturated rings. The minimum atomic E-state index is 0.269. The summed E-state index contributed by atoms with van der Waals surface area (Å²) < 4.78 is 7.01. The molecule has 0 saturated heterocycles. The number of aryl methyl sites for hydroxylation is 1. The van der Waals surface area contributed by atoms with Crippen LogP contribution in [-0.4, -0.2) is 26.0 Å². The Bertz CT molecular complexity index is 517. The highest BCUT2D eigenvalue weighted by molar-refractivity contribution is 5.46. The van der Waals surface area contributed by atoms with E-state index in [1.807, 2.05) is 19.3 Å². The van der Waals surface area contributed by atoms with Crippen LogP contribution in [0.4, 0.5) is 0 Å². The van der Waals surface area contributed by atoms with Gasteiger partial charge in [0, 0.05) is 25.2 Å². The van der Waals surface area contributed by atoms with Crippen LogP contribution in [0.1, 0.15) is 31.1 Å². The zero-order valence-corrected chi connectivity index (χ0v) is 9.71. The topological polar surface area (TPSA) is 82.8 Å². The van der Waals surface area contributed by atoms with Gasteiger partial charge in [-0.1, -0.05) is 5.16 Å². The Labute approximate surface area is 98.8 Å². The molecule has 2 aromatic rings. The molecule has 3 rings (SSSR count). The third-order valence-corrected chi connectivity index (χ3v) is 3.21. The molecule has 17 heavy (non-hydrogen) atoms. The van der Waals surface area contributed by atoms with Crippen molar-refractivity contribution in [2.75, 3.05) is 0 Å². The van der Waals surface area contributed by atoms with Crippen molar-refractivity contribution >= 4 is 0 Å². The minimum Gasteiger partial charge on any atom is -0.339 e. The van der Waals surface area contributed by atoms with E-state index in [2.05, 4.69) is 15.2 Å². The highest BCUT2D eigenvalue weighted by atomic mass is 16.5. The van der Waals surface area contributed by atoms with Gasteiger partial charge in [0.2, 0.25) is 11.7 Å². The molecule has 90 valence electrons. The number of aromatic nitrogens is 4. The van der Waals surface area contributed by atoms with Crippen molar-refractivity contribution in [1.82, 2.24) is 19.9 Å². The smallest absolute Gasteiger partial charge is 0.230 e. The molecular formula is C11H15N5O. The van der Waals surface area contributed by atoms with Gasteiger partial charge in [0.1, 0.15) is 5.69 Å². The van der Waals surface area contributed by atoms with Crippen LogP contribution >= 0.6 is 0 Å². The predicted molar refractivity (Wildman–Crippen MR) is 61.1 cm³/mol. The molecule has 0 amide bonds. The van der Waals surface area contributed by atoms with Gasteiger partial charge in [-0.15, -0.1) is 0 Å². The summed E-state index contributed by atoms with van der Waals surface area (Å²) in [7, 11) is 1.86. The zero-order chi connectivity index (χ0) is 11.8. The van der Waals surface area contributed by atoms with E-state index in [0.29, 0.717) is 17.6 Å². The maximum atomic E-state index is 5.88. The Morgan fingerprint density at radius 2 is 2.35 bits per heavy atom. The Kier molecular flexibility index (Phi) is 2.44. The second-order valence-electron chi connectivity index (χ2n) is 4.60. The van der Waals surface area contributed by atoms with Gasteiger partial charge in [-0.3, -0.25) is 4.68 Å². The Morgan fingerprint density at radius 3 is 3.00 bits per heavy atom. The van der Waals surface area contributed by atoms with Crippen molar-refractivity contribution in [3.8, 4) is 11.5 Å². The molecule has 0 bridgehead atoms. The van der Waals surface area contributed by atoms with Gasteiger partial charge in [-0.2, -0.15) is 10.1 Å². The van der Waals surface area contributed by atoms with Gasteiger partial charge in [0.15, 0.2) is 0 Å². The van der Waals surface area contributed by atoms with E-state index in [9.17, 15) is 0 Å². The number of hydrogen-bond donors (Lipinski definition) is 1. The molecule has 1 aliphatic rings. The monoisotopic (exact) mass is 233 g/mol. The minimum absolute atomic E-state index is 0.269. The summed E-state index contributed by atoms with van der Waals surface area (Å²) in [6.07, 6.45) is 4.86. The van der Waals surface area contributed by atoms with E-state index in [1.165, 1.54) is 0 Å². The second-order valence-corrected chi connectivity index (χ2v) is 4.60. The summed E-state index contributed by atoms with van der Waals surface area (Å²) in [6.45, 7) is 0. The van der Waals surface area contributed by atoms with E-state index in [-0.39, 0.29) is 6.04 Å². The summed E-state index contributed by atoms with van der Waals surface area (Å²) in [5.74, 6) is 1.56. The van der Waals surface area contributed by atoms with Gasteiger partial charge < -0.3 is 10.3 Å². The van der Waals surface area contributed by atoms with Crippen molar-refractivity contribution in [2.45, 2.75) is 31.2 Å². The molecule has 1 saturated carbocycles. The molecule has 0 aliphatic heterocycles. The fraction of sp³-hybridized carbons (Fsp3) is 0.545. The average Bonchev–Trinajstić information content (AvgIpc) is 2.96. The first-order chi connectivity index (χ1) is 8.22. The lowest BCUT2D eigenvalue weighted by molar-refractivity contribution is 0.353. The molecule has 2 N–H and O–H groups in total. The lowest BCUT2D eigenvalue weighted by atomic mass is 10.1. The fourth-order valence-corrected chi connectivity index (χ4v) is 2.28. The van der Waals surface area contributed by atoms with Crippen molar-refractivity contribution in [3.63, 3.8) is 0 Å². The van der Waals surface area contributed by atoms with Crippen LogP contribution in [-0.2, 0) is 7.05 Å². The summed E-state index contributed by atoms with van der Waals surface area (Å²) in [4.78, 5) is 4.40. The van der Waals surface area contributed by atoms with Crippen LogP contribution in [0.5, 0.6) is 0 Å². The number of nitrogens with zero attached hydrogens (tertiary/aromatic N) is 4. The Balaban J connectivity index is 1.83. The molecule has 2 aromatic heterocycles. The maximum absolute atomic E-state index is 5.88. The average molecular weight is 233 g/mol. The highest BCUT2D eigenvalue weighted by Crippen LogP contribution is 2.33. The van der Waals surface area contributed by atoms with Crippen LogP contribution in [0.3, 0.4) is 0 Å². The molecule has 0 unspecified atom stereocenters. The lowest BCUT2D eigenvalue weighted by Gasteiger charge is -2.01. The maximum Gasteiger partial charge on any atom is 0.230 e. The largest absolute Gasteiger partial charge is 0.339 e. The number of hydrogen-bond acceptors (Lipinski definition) is 5. The first-order valence-electron chi connectivity index (χ1n) is 5.81. The van der Waals surface area contributed by atoms with Crippen LogP contribution in [0, 0.1) is 0 Å². The molecular weight excluding hydrogens is 218 g/mol. The van der Waals surface area contributed by atoms with Crippen LogP contribution in [0.25, 0.3) is 11.5 Å². The van der Waals surface area contributed by atoms with Crippen molar-refractivity contribution < 1.29 is 4.52 Å². The molecule has 0 spiro atoms. The highest BCUT2D eigenvalue weighted by Gasteiger charge is 2.28. The van der Waals surface area contributed by atoms with E-state index in [4.69, 9.17) is 10.3 Å². The third-order valence-electron chi connectivity index (χ3n) is 3.21. The quantitative estimate of drug-likeness (QED) is 0.838. The lowest BCUT2D eigenvalue weighted by Crippen LogP contribution is -2.14. The normalized spacial score (nSPS) is 24.4. The van der Waals surface area contributed by atoms with E-state index in [1.54, 1.807) is 4.68 Å². The number of nitrogens with two attached hydrogens (primary N) is 1. The predicted octanol–water partition coefficient (Wildman–Crippen LogP) is 1.06. The first-order valence-corrected chi connectivity index (χ1v) is 5.81. The van der Waals surface area contributed by atoms with Gasteiger partial charge in [-0.25, -0.2) is 0 Å². The molecule has 6 nitrogen and oxygen atoms in total. The summed E-state index contributed by atoms with van der Waals surface area (Å²) in [5, 5.41) is 8.21. The van der Waals surface area contributed by atoms with Gasteiger partial charge >= 0.3 is 0 Å². The standard InChI is InChI=1S/C11H15N5O/c1-16-5-4-9(14-16)10-13-11(17-15-10)7-2-3-8(12)6-7/h4-5,7-8H,2-3,6,12H2,1H3/t7-,8+/m1/s1. The molecule has 2 heterocycles. The molecule has 1 aliphatic carbocycles. The SMILES string of the molecule is Cn1ccc(-c2noc([C@@H]3CC[C@H](N)C3)n2)n1. The summed E-state index contributed by atoms with van der Waals surface area (Å²) >= 11 is 0. The third kappa shape index (κ3) is 1.95. The zero-order valence-electron chi connectivity index (χ0n) is 9.71. The van der Waals surface area contributed by atoms with Crippen LogP contribution in [0.2, 0.25) is 0 Å². The number of rotatable bonds is 2. The molecule has 0 aromatic carbocycles. The Hall–Kier alpha value is -1.69. The van der Waals surface area contributed by atoms with Crippen LogP contribution < -0.4 is 5.73 Å². The molecule has 0 radical (unpaired) electrons. The van der Waals surface area contributed by atoms with E-state index in [0.717, 1.165) is 25.0 Å². The van der Waals surface area contributed by atoms with Gasteiger partial charge in [0.05, 0.1) is 0 Å². The second kappa shape index (κ2) is 3.96. The fourth-order valence-electron chi connectivity index (χ4n) is 2.28. The van der Waals surface area contributed by atoms with Gasteiger partial charge in [0.25, 0.3) is 0 Å². The van der Waals surface area contributed by atoms with Crippen LogP contribution in [0.15, 0.2) is 16.8 Å². The van der Waals surface area contributed by atoms with Crippen molar-refractivity contribution in [1.29, 1.82) is 0 Å². The van der Waals surface area contributed by atoms with Crippen molar-refractivity contribution in [3.05, 3.63) is 18.2 Å². The van der Waals surface area contributed by atoms with E-state index >= 15 is 0 Å².